The van der Waals surface area contributed by atoms with Gasteiger partial charge in [-0.15, -0.1) is 0 Å². The van der Waals surface area contributed by atoms with E-state index in [1.807, 2.05) is 6.07 Å². The van der Waals surface area contributed by atoms with Crippen molar-refractivity contribution in [1.82, 2.24) is 4.57 Å². The maximum Gasteiger partial charge on any atom is 0.137 e. The van der Waals surface area contributed by atoms with Gasteiger partial charge in [0.15, 0.2) is 0 Å². The van der Waals surface area contributed by atoms with E-state index < -0.39 is 5.41 Å². The molecule has 1 aliphatic carbocycles. The van der Waals surface area contributed by atoms with Crippen LogP contribution in [0.15, 0.2) is 271 Å². The smallest absolute Gasteiger partial charge is 0.137 e. The zero-order valence-electron chi connectivity index (χ0n) is 38.2. The first-order valence-electron chi connectivity index (χ1n) is 24.1. The van der Waals surface area contributed by atoms with E-state index in [1.165, 1.54) is 66.3 Å². The number of nitrogens with zero attached hydrogens (tertiary/aromatic N) is 2. The van der Waals surface area contributed by atoms with Crippen molar-refractivity contribution in [3.05, 3.63) is 289 Å². The second kappa shape index (κ2) is 16.0. The number of rotatable bonds is 8. The summed E-state index contributed by atoms with van der Waals surface area (Å²) in [6, 6.07) is 97.3. The summed E-state index contributed by atoms with van der Waals surface area (Å²) < 4.78 is 8.97. The molecule has 0 aliphatic heterocycles. The third-order valence-electron chi connectivity index (χ3n) is 14.7. The van der Waals surface area contributed by atoms with Crippen LogP contribution in [0.2, 0.25) is 0 Å². The number of hydrogen-bond donors (Lipinski definition) is 0. The fourth-order valence-corrected chi connectivity index (χ4v) is 11.6. The molecule has 0 saturated heterocycles. The molecular weight excluding hydrogens is 849 g/mol. The molecule has 13 aromatic rings. The van der Waals surface area contributed by atoms with Crippen LogP contribution >= 0.6 is 0 Å². The molecule has 0 saturated carbocycles. The number of anilines is 3. The van der Waals surface area contributed by atoms with Crippen LogP contribution in [-0.2, 0) is 5.41 Å². The van der Waals surface area contributed by atoms with Crippen LogP contribution in [0.3, 0.4) is 0 Å². The van der Waals surface area contributed by atoms with Crippen LogP contribution in [0.1, 0.15) is 22.3 Å². The molecule has 1 aliphatic rings. The summed E-state index contributed by atoms with van der Waals surface area (Å²) in [5.41, 5.74) is 20.1. The first kappa shape index (κ1) is 39.9. The zero-order valence-corrected chi connectivity index (χ0v) is 38.2. The lowest BCUT2D eigenvalue weighted by atomic mass is 9.67. The molecule has 2 heterocycles. The van der Waals surface area contributed by atoms with Crippen molar-refractivity contribution in [2.45, 2.75) is 5.41 Å². The Hall–Kier alpha value is -9.18. The van der Waals surface area contributed by atoms with Gasteiger partial charge in [0.2, 0.25) is 0 Å². The van der Waals surface area contributed by atoms with E-state index in [9.17, 15) is 0 Å². The summed E-state index contributed by atoms with van der Waals surface area (Å²) >= 11 is 0. The van der Waals surface area contributed by atoms with Crippen molar-refractivity contribution in [2.24, 2.45) is 0 Å². The molecule has 0 fully saturated rings. The fraction of sp³-hybridized carbons (Fsp3) is 0.0149. The van der Waals surface area contributed by atoms with Crippen molar-refractivity contribution in [3.8, 4) is 39.1 Å². The molecule has 3 heteroatoms. The lowest BCUT2D eigenvalue weighted by Gasteiger charge is -2.35. The molecule has 0 spiro atoms. The van der Waals surface area contributed by atoms with Gasteiger partial charge in [0.25, 0.3) is 0 Å². The van der Waals surface area contributed by atoms with Crippen LogP contribution in [-0.4, -0.2) is 4.57 Å². The highest BCUT2D eigenvalue weighted by molar-refractivity contribution is 6.10. The molecular formula is C67H44N2O. The third kappa shape index (κ3) is 6.08. The van der Waals surface area contributed by atoms with E-state index in [0.717, 1.165) is 55.8 Å². The summed E-state index contributed by atoms with van der Waals surface area (Å²) in [5, 5.41) is 4.73. The van der Waals surface area contributed by atoms with Gasteiger partial charge in [0, 0.05) is 50.2 Å². The molecule has 2 aromatic heterocycles. The van der Waals surface area contributed by atoms with Crippen molar-refractivity contribution >= 4 is 60.8 Å². The lowest BCUT2D eigenvalue weighted by Crippen LogP contribution is -2.28. The minimum Gasteiger partial charge on any atom is -0.456 e. The van der Waals surface area contributed by atoms with Gasteiger partial charge in [-0.3, -0.25) is 0 Å². The minimum absolute atomic E-state index is 0.534. The number of furan rings is 1. The first-order chi connectivity index (χ1) is 34.7. The maximum absolute atomic E-state index is 6.55. The second-order valence-corrected chi connectivity index (χ2v) is 18.4. The number of hydrogen-bond acceptors (Lipinski definition) is 2. The molecule has 11 aromatic carbocycles. The number of para-hydroxylation sites is 4. The second-order valence-electron chi connectivity index (χ2n) is 18.4. The molecule has 0 N–H and O–H groups in total. The van der Waals surface area contributed by atoms with Gasteiger partial charge < -0.3 is 13.9 Å². The molecule has 3 nitrogen and oxygen atoms in total. The van der Waals surface area contributed by atoms with E-state index in [0.29, 0.717) is 0 Å². The molecule has 0 amide bonds. The van der Waals surface area contributed by atoms with E-state index in [1.54, 1.807) is 0 Å². The molecule has 0 atom stereocenters. The zero-order chi connectivity index (χ0) is 46.2. The average Bonchev–Trinajstić information content (AvgIpc) is 4.08. The SMILES string of the molecule is c1ccc(C2(c3ccccc3)c3ccccc3-c3ccc(N(c4ccc(-c5cccc(-c6ccccc6-n6c7ccccc7c7ccccc76)c5)cc4)c4ccc5c(c4)oc4ccccc45)cc32)cc1. The van der Waals surface area contributed by atoms with E-state index >= 15 is 0 Å². The largest absolute Gasteiger partial charge is 0.456 e. The first-order valence-corrected chi connectivity index (χ1v) is 24.1. The van der Waals surface area contributed by atoms with Crippen LogP contribution < -0.4 is 4.90 Å². The number of fused-ring (bicyclic) bond motifs is 9. The minimum atomic E-state index is -0.534. The van der Waals surface area contributed by atoms with Crippen molar-refractivity contribution < 1.29 is 4.42 Å². The molecule has 328 valence electrons. The van der Waals surface area contributed by atoms with Gasteiger partial charge >= 0.3 is 0 Å². The molecule has 0 radical (unpaired) electrons. The molecule has 14 rings (SSSR count). The van der Waals surface area contributed by atoms with Crippen LogP contribution in [0.4, 0.5) is 17.1 Å². The Kier molecular flexibility index (Phi) is 9.11. The van der Waals surface area contributed by atoms with E-state index in [2.05, 4.69) is 270 Å². The topological polar surface area (TPSA) is 21.3 Å². The number of benzene rings is 11. The Labute approximate surface area is 406 Å². The van der Waals surface area contributed by atoms with Crippen molar-refractivity contribution in [3.63, 3.8) is 0 Å². The normalized spacial score (nSPS) is 12.7. The van der Waals surface area contributed by atoms with Gasteiger partial charge in [-0.05, 0) is 117 Å². The Morgan fingerprint density at radius 1 is 0.314 bits per heavy atom. The Balaban J connectivity index is 0.914. The van der Waals surface area contributed by atoms with E-state index in [4.69, 9.17) is 4.42 Å². The third-order valence-corrected chi connectivity index (χ3v) is 14.7. The predicted octanol–water partition coefficient (Wildman–Crippen LogP) is 17.8. The van der Waals surface area contributed by atoms with Gasteiger partial charge in [-0.25, -0.2) is 0 Å². The summed E-state index contributed by atoms with van der Waals surface area (Å²) in [7, 11) is 0. The summed E-state index contributed by atoms with van der Waals surface area (Å²) in [6.07, 6.45) is 0. The van der Waals surface area contributed by atoms with Crippen LogP contribution in [0.5, 0.6) is 0 Å². The number of aromatic nitrogens is 1. The summed E-state index contributed by atoms with van der Waals surface area (Å²) in [6.45, 7) is 0. The van der Waals surface area contributed by atoms with Gasteiger partial charge in [0.1, 0.15) is 11.2 Å². The van der Waals surface area contributed by atoms with Crippen LogP contribution in [0, 0.1) is 0 Å². The summed E-state index contributed by atoms with van der Waals surface area (Å²) in [4.78, 5) is 2.39. The fourth-order valence-electron chi connectivity index (χ4n) is 11.6. The predicted molar refractivity (Wildman–Crippen MR) is 291 cm³/mol. The van der Waals surface area contributed by atoms with Gasteiger partial charge in [0.05, 0.1) is 22.1 Å². The molecule has 0 unspecified atom stereocenters. The monoisotopic (exact) mass is 892 g/mol. The quantitative estimate of drug-likeness (QED) is 0.152. The maximum atomic E-state index is 6.55. The molecule has 70 heavy (non-hydrogen) atoms. The van der Waals surface area contributed by atoms with Crippen LogP contribution in [0.25, 0.3) is 82.8 Å². The molecule has 0 bridgehead atoms. The highest BCUT2D eigenvalue weighted by Crippen LogP contribution is 2.57. The lowest BCUT2D eigenvalue weighted by molar-refractivity contribution is 0.669. The standard InChI is InChI=1S/C67H44N2O/c1-3-20-48(21-4-1)67(49-22-5-2-6-23-49)60-29-12-7-25-54(60)55-40-38-51(43-61(55)67)68(52-39-41-59-58-28-11-16-33-65(58)70-66(59)44-52)50-36-34-45(35-37-50)46-18-17-19-47(42-46)53-24-8-13-30-62(53)69-63-31-14-9-26-56(63)57-27-10-15-32-64(57)69/h1-44H. The highest BCUT2D eigenvalue weighted by atomic mass is 16.3. The van der Waals surface area contributed by atoms with Gasteiger partial charge in [-0.2, -0.15) is 0 Å². The average molecular weight is 893 g/mol. The Morgan fingerprint density at radius 2 is 0.857 bits per heavy atom. The van der Waals surface area contributed by atoms with E-state index in [-0.39, 0.29) is 0 Å². The highest BCUT2D eigenvalue weighted by Gasteiger charge is 2.46. The van der Waals surface area contributed by atoms with Crippen molar-refractivity contribution in [2.75, 3.05) is 4.90 Å². The van der Waals surface area contributed by atoms with Gasteiger partial charge in [-0.1, -0.05) is 194 Å². The summed E-state index contributed by atoms with van der Waals surface area (Å²) in [5.74, 6) is 0. The van der Waals surface area contributed by atoms with Crippen molar-refractivity contribution in [1.29, 1.82) is 0 Å². The Morgan fingerprint density at radius 3 is 1.60 bits per heavy atom. The Bertz CT molecular complexity index is 4030.